The van der Waals surface area contributed by atoms with Crippen molar-refractivity contribution in [1.82, 2.24) is 14.8 Å². The molecule has 0 unspecified atom stereocenters. The summed E-state index contributed by atoms with van der Waals surface area (Å²) in [7, 11) is 0. The molecule has 7 heteroatoms. The molecule has 0 saturated carbocycles. The van der Waals surface area contributed by atoms with Gasteiger partial charge in [-0.05, 0) is 46.5 Å². The van der Waals surface area contributed by atoms with E-state index in [1.165, 1.54) is 12.1 Å². The van der Waals surface area contributed by atoms with E-state index in [1.807, 2.05) is 30.3 Å². The first-order valence-corrected chi connectivity index (χ1v) is 11.0. The van der Waals surface area contributed by atoms with E-state index in [4.69, 9.17) is 0 Å². The second-order valence-corrected chi connectivity index (χ2v) is 8.58. The smallest absolute Gasteiger partial charge is 0.242 e. The summed E-state index contributed by atoms with van der Waals surface area (Å²) in [6.45, 7) is 0.328. The number of fused-ring (bicyclic) bond motifs is 1. The topological polar surface area (TPSA) is 73.7 Å². The minimum Gasteiger partial charge on any atom is -0.394 e. The number of carbonyl (C=O) groups excluding carboxylic acids is 2. The molecular weight excluding hydrogens is 421 g/mol. The van der Waals surface area contributed by atoms with E-state index in [-0.39, 0.29) is 55.2 Å². The largest absolute Gasteiger partial charge is 0.394 e. The lowest BCUT2D eigenvalue weighted by molar-refractivity contribution is -0.166. The highest BCUT2D eigenvalue weighted by molar-refractivity contribution is 5.88. The summed E-state index contributed by atoms with van der Waals surface area (Å²) in [5, 5.41) is 9.99. The molecule has 2 aliphatic rings. The number of hydrogen-bond donors (Lipinski definition) is 1. The van der Waals surface area contributed by atoms with Gasteiger partial charge in [-0.15, -0.1) is 0 Å². The highest BCUT2D eigenvalue weighted by Gasteiger charge is 2.54. The fourth-order valence-corrected chi connectivity index (χ4v) is 5.04. The van der Waals surface area contributed by atoms with Crippen LogP contribution < -0.4 is 0 Å². The molecular formula is C26H24FN3O3. The third-order valence-corrected chi connectivity index (χ3v) is 6.66. The van der Waals surface area contributed by atoms with Crippen molar-refractivity contribution < 1.29 is 19.1 Å². The number of piperazine rings is 1. The van der Waals surface area contributed by atoms with Crippen LogP contribution in [-0.2, 0) is 16.0 Å². The van der Waals surface area contributed by atoms with Gasteiger partial charge in [0, 0.05) is 24.9 Å². The molecule has 2 fully saturated rings. The molecule has 1 aromatic heterocycles. The predicted molar refractivity (Wildman–Crippen MR) is 121 cm³/mol. The molecule has 3 atom stereocenters. The molecule has 0 radical (unpaired) electrons. The maximum Gasteiger partial charge on any atom is 0.242 e. The SMILES string of the molecule is O=C(Cc1ccncc1)N1CC(=O)N2[C@H](CO)[C@H](c3ccc(-c4cccc(F)c4)cc3)[C@@H]2C1. The molecule has 2 amide bonds. The lowest BCUT2D eigenvalue weighted by Gasteiger charge is -2.58. The molecule has 3 heterocycles. The van der Waals surface area contributed by atoms with Crippen LogP contribution in [0.25, 0.3) is 11.1 Å². The number of hydrogen-bond acceptors (Lipinski definition) is 4. The molecule has 2 aromatic carbocycles. The Morgan fingerprint density at radius 2 is 1.82 bits per heavy atom. The zero-order valence-electron chi connectivity index (χ0n) is 18.0. The highest BCUT2D eigenvalue weighted by atomic mass is 19.1. The Balaban J connectivity index is 1.35. The summed E-state index contributed by atoms with van der Waals surface area (Å²) in [6, 6.07) is 17.3. The normalized spacial score (nSPS) is 22.0. The number of pyridine rings is 1. The first-order chi connectivity index (χ1) is 16.0. The van der Waals surface area contributed by atoms with Crippen molar-refractivity contribution in [3.05, 3.63) is 90.0 Å². The molecule has 0 spiro atoms. The van der Waals surface area contributed by atoms with E-state index in [2.05, 4.69) is 4.98 Å². The minimum absolute atomic E-state index is 0.0299. The van der Waals surface area contributed by atoms with Gasteiger partial charge >= 0.3 is 0 Å². The summed E-state index contributed by atoms with van der Waals surface area (Å²) in [6.07, 6.45) is 3.51. The molecule has 168 valence electrons. The van der Waals surface area contributed by atoms with Crippen molar-refractivity contribution in [2.24, 2.45) is 0 Å². The van der Waals surface area contributed by atoms with Crippen LogP contribution in [0.5, 0.6) is 0 Å². The zero-order chi connectivity index (χ0) is 22.9. The summed E-state index contributed by atoms with van der Waals surface area (Å²) in [5.41, 5.74) is 3.53. The third-order valence-electron chi connectivity index (χ3n) is 6.66. The van der Waals surface area contributed by atoms with Gasteiger partial charge in [0.2, 0.25) is 11.8 Å². The summed E-state index contributed by atoms with van der Waals surface area (Å²) < 4.78 is 13.6. The number of amides is 2. The monoisotopic (exact) mass is 445 g/mol. The van der Waals surface area contributed by atoms with Crippen LogP contribution in [-0.4, -0.2) is 63.5 Å². The van der Waals surface area contributed by atoms with Gasteiger partial charge in [0.25, 0.3) is 0 Å². The third kappa shape index (κ3) is 4.00. The molecule has 1 N–H and O–H groups in total. The number of rotatable bonds is 5. The Bertz CT molecular complexity index is 1170. The number of benzene rings is 2. The number of nitrogens with zero attached hydrogens (tertiary/aromatic N) is 3. The zero-order valence-corrected chi connectivity index (χ0v) is 18.0. The molecule has 0 aliphatic carbocycles. The predicted octanol–water partition coefficient (Wildman–Crippen LogP) is 2.63. The average Bonchev–Trinajstić information content (AvgIpc) is 2.81. The van der Waals surface area contributed by atoms with Gasteiger partial charge in [0.05, 0.1) is 31.7 Å². The number of aromatic nitrogens is 1. The fraction of sp³-hybridized carbons (Fsp3) is 0.269. The number of halogens is 1. The van der Waals surface area contributed by atoms with E-state index in [1.54, 1.807) is 40.4 Å². The Kier molecular flexibility index (Phi) is 5.64. The molecule has 0 bridgehead atoms. The van der Waals surface area contributed by atoms with E-state index in [0.717, 1.165) is 22.3 Å². The second kappa shape index (κ2) is 8.75. The van der Waals surface area contributed by atoms with E-state index in [0.29, 0.717) is 6.54 Å². The van der Waals surface area contributed by atoms with Gasteiger partial charge in [-0.3, -0.25) is 14.6 Å². The Labute approximate surface area is 191 Å². The molecule has 3 aromatic rings. The summed E-state index contributed by atoms with van der Waals surface area (Å²) in [4.78, 5) is 33.0. The van der Waals surface area contributed by atoms with Gasteiger partial charge in [-0.2, -0.15) is 0 Å². The summed E-state index contributed by atoms with van der Waals surface area (Å²) >= 11 is 0. The van der Waals surface area contributed by atoms with Gasteiger partial charge in [-0.25, -0.2) is 4.39 Å². The van der Waals surface area contributed by atoms with Crippen LogP contribution in [0.2, 0.25) is 0 Å². The van der Waals surface area contributed by atoms with Gasteiger partial charge in [-0.1, -0.05) is 36.4 Å². The quantitative estimate of drug-likeness (QED) is 0.655. The van der Waals surface area contributed by atoms with Crippen LogP contribution >= 0.6 is 0 Å². The van der Waals surface area contributed by atoms with Crippen molar-refractivity contribution in [2.75, 3.05) is 19.7 Å². The Hall–Kier alpha value is -3.58. The number of aliphatic hydroxyl groups is 1. The van der Waals surface area contributed by atoms with Crippen LogP contribution in [0.3, 0.4) is 0 Å². The Morgan fingerprint density at radius 3 is 2.52 bits per heavy atom. The number of aliphatic hydroxyl groups excluding tert-OH is 1. The average molecular weight is 445 g/mol. The van der Waals surface area contributed by atoms with E-state index in [9.17, 15) is 19.1 Å². The van der Waals surface area contributed by atoms with Crippen molar-refractivity contribution in [1.29, 1.82) is 0 Å². The van der Waals surface area contributed by atoms with Crippen LogP contribution in [0.4, 0.5) is 4.39 Å². The van der Waals surface area contributed by atoms with Crippen LogP contribution in [0.1, 0.15) is 17.0 Å². The molecule has 2 saturated heterocycles. The van der Waals surface area contributed by atoms with Gasteiger partial charge in [0.15, 0.2) is 0 Å². The minimum atomic E-state index is -0.306. The maximum atomic E-state index is 13.6. The second-order valence-electron chi connectivity index (χ2n) is 8.58. The van der Waals surface area contributed by atoms with Crippen molar-refractivity contribution in [2.45, 2.75) is 24.4 Å². The first kappa shape index (κ1) is 21.3. The number of carbonyl (C=O) groups is 2. The van der Waals surface area contributed by atoms with Gasteiger partial charge in [0.1, 0.15) is 5.82 Å². The molecule has 33 heavy (non-hydrogen) atoms. The van der Waals surface area contributed by atoms with Crippen LogP contribution in [0.15, 0.2) is 73.1 Å². The lowest BCUT2D eigenvalue weighted by Crippen LogP contribution is -2.73. The lowest BCUT2D eigenvalue weighted by atomic mass is 9.73. The van der Waals surface area contributed by atoms with Crippen molar-refractivity contribution in [3.63, 3.8) is 0 Å². The highest BCUT2D eigenvalue weighted by Crippen LogP contribution is 2.43. The van der Waals surface area contributed by atoms with Gasteiger partial charge < -0.3 is 14.9 Å². The van der Waals surface area contributed by atoms with Crippen molar-refractivity contribution >= 4 is 11.8 Å². The maximum absolute atomic E-state index is 13.6. The molecule has 6 nitrogen and oxygen atoms in total. The standard InChI is InChI=1S/C26H24FN3O3/c27-21-3-1-2-20(13-21)18-4-6-19(7-5-18)26-22-14-29(15-25(33)30(22)23(26)16-31)24(32)12-17-8-10-28-11-9-17/h1-11,13,22-23,26,31H,12,14-16H2/t22-,23+,26+/m0/s1. The first-order valence-electron chi connectivity index (χ1n) is 11.0. The van der Waals surface area contributed by atoms with Crippen molar-refractivity contribution in [3.8, 4) is 11.1 Å². The molecule has 2 aliphatic heterocycles. The Morgan fingerprint density at radius 1 is 1.06 bits per heavy atom. The van der Waals surface area contributed by atoms with Crippen LogP contribution in [0, 0.1) is 5.82 Å². The molecule has 5 rings (SSSR count). The van der Waals surface area contributed by atoms with E-state index >= 15 is 0 Å². The summed E-state index contributed by atoms with van der Waals surface area (Å²) in [5.74, 6) is -0.594. The van der Waals surface area contributed by atoms with E-state index < -0.39 is 0 Å². The fourth-order valence-electron chi connectivity index (χ4n) is 5.04.